The molecule has 0 aromatic carbocycles. The summed E-state index contributed by atoms with van der Waals surface area (Å²) in [4.78, 5) is 58.2. The van der Waals surface area contributed by atoms with Crippen molar-refractivity contribution in [1.29, 1.82) is 0 Å². The first-order valence-corrected chi connectivity index (χ1v) is 27.3. The lowest BCUT2D eigenvalue weighted by Crippen LogP contribution is -2.61. The predicted molar refractivity (Wildman–Crippen MR) is 263 cm³/mol. The number of sulfonamides is 1. The van der Waals surface area contributed by atoms with Gasteiger partial charge >= 0.3 is 5.97 Å². The summed E-state index contributed by atoms with van der Waals surface area (Å²) in [5, 5.41) is 33.6. The van der Waals surface area contributed by atoms with Gasteiger partial charge in [0.1, 0.15) is 24.4 Å². The van der Waals surface area contributed by atoms with Gasteiger partial charge in [-0.3, -0.25) is 14.4 Å². The molecule has 1 amide bonds. The van der Waals surface area contributed by atoms with Gasteiger partial charge in [-0.1, -0.05) is 76.6 Å². The number of ketones is 2. The van der Waals surface area contributed by atoms with E-state index in [9.17, 15) is 42.9 Å². The number of esters is 1. The van der Waals surface area contributed by atoms with Crippen LogP contribution in [0.2, 0.25) is 0 Å². The highest BCUT2D eigenvalue weighted by Gasteiger charge is 2.53. The van der Waals surface area contributed by atoms with Crippen LogP contribution in [0.3, 0.4) is 0 Å². The minimum Gasteiger partial charge on any atom is -0.461 e. The number of fused-ring (bicyclic) bond motifs is 3. The number of ether oxygens (including phenoxy) is 4. The maximum Gasteiger partial charge on any atom is 0.329 e. The summed E-state index contributed by atoms with van der Waals surface area (Å²) in [6.45, 7) is 13.2. The Morgan fingerprint density at radius 2 is 1.57 bits per heavy atom. The predicted octanol–water partition coefficient (Wildman–Crippen LogP) is 6.44. The van der Waals surface area contributed by atoms with Crippen molar-refractivity contribution in [2.24, 2.45) is 35.5 Å². The number of aliphatic hydroxyl groups is 3. The maximum atomic E-state index is 14.5. The standard InChI is InChI=1S/C53H84N2O13S/c1-32-15-11-10-12-16-34(3)42(54-69(63,64)41-22-23-41)31-40-21-19-38(7)53(62,68-40)50(59)51(60)55-26-14-13-17-43(55)52(61)67-45(35(4)29-39-20-24-44(56)46(30-39)65-8)25-18-33(2)28-37(6)48(58)49(66-9)47(57)36(5)27-32/h10-12,15-16,28,32-33,35-36,38-46,48-49,54,56,58,62H,13-14,17-27,29-31H2,1-9H3/b12-10+,15-11+,34-16+,37-28+/t32-,33+,35-,36-,38-,39+,40+,42-,43+,44-,45+,46-,48-,49+,53-/m1/s1. The number of hydrogen-bond acceptors (Lipinski definition) is 13. The molecule has 3 aliphatic heterocycles. The lowest BCUT2D eigenvalue weighted by Gasteiger charge is -2.43. The summed E-state index contributed by atoms with van der Waals surface area (Å²) < 4.78 is 53.4. The second-order valence-corrected chi connectivity index (χ2v) is 23.4. The molecule has 4 N–H and O–H groups in total. The van der Waals surface area contributed by atoms with Crippen molar-refractivity contribution in [2.75, 3.05) is 20.8 Å². The van der Waals surface area contributed by atoms with E-state index in [0.717, 1.165) is 6.42 Å². The molecule has 3 heterocycles. The number of methoxy groups -OCH3 is 2. The summed E-state index contributed by atoms with van der Waals surface area (Å²) in [6.07, 6.45) is 14.3. The first-order chi connectivity index (χ1) is 32.6. The van der Waals surface area contributed by atoms with E-state index in [-0.39, 0.29) is 54.9 Å². The number of aliphatic hydroxyl groups excluding tert-OH is 2. The highest BCUT2D eigenvalue weighted by atomic mass is 32.2. The first kappa shape index (κ1) is 56.8. The van der Waals surface area contributed by atoms with Crippen molar-refractivity contribution in [1.82, 2.24) is 9.62 Å². The van der Waals surface area contributed by atoms with Crippen molar-refractivity contribution in [3.8, 4) is 0 Å². The van der Waals surface area contributed by atoms with E-state index in [1.54, 1.807) is 40.0 Å². The van der Waals surface area contributed by atoms with Crippen LogP contribution < -0.4 is 4.72 Å². The zero-order chi connectivity index (χ0) is 50.8. The molecule has 2 bridgehead atoms. The second kappa shape index (κ2) is 25.5. The van der Waals surface area contributed by atoms with E-state index in [1.165, 1.54) is 12.0 Å². The summed E-state index contributed by atoms with van der Waals surface area (Å²) >= 11 is 0. The Morgan fingerprint density at radius 3 is 2.25 bits per heavy atom. The third-order valence-electron chi connectivity index (χ3n) is 15.6. The van der Waals surface area contributed by atoms with Crippen LogP contribution >= 0.6 is 0 Å². The van der Waals surface area contributed by atoms with Crippen LogP contribution in [-0.2, 0) is 48.1 Å². The molecule has 2 saturated heterocycles. The molecule has 5 aliphatic rings. The topological polar surface area (TPSA) is 215 Å². The fraction of sp³-hybridized carbons (Fsp3) is 0.774. The highest BCUT2D eigenvalue weighted by Crippen LogP contribution is 2.38. The van der Waals surface area contributed by atoms with Crippen LogP contribution in [0.15, 0.2) is 47.6 Å². The highest BCUT2D eigenvalue weighted by molar-refractivity contribution is 7.90. The normalized spacial score (nSPS) is 40.1. The SMILES string of the molecule is CO[C@@H]1C[C@H](C[C@@H](C)[C@@H]2CC[C@H](C)/C=C(\C)[C@@H](O)[C@@H](OC)C(=O)[C@H](C)C[C@H](C)/C=C/C=C/C=C(\C)[C@H](NS(=O)(=O)C3CC3)C[C@@H]3CC[C@@H](C)[C@@](O)(O3)C(=O)C(=O)N3CCCC[C@H]3C(=O)O2)CC[C@H]1O. The van der Waals surface area contributed by atoms with Gasteiger partial charge in [-0.05, 0) is 139 Å². The van der Waals surface area contributed by atoms with Gasteiger partial charge in [0.25, 0.3) is 11.7 Å². The molecule has 4 fully saturated rings. The van der Waals surface area contributed by atoms with Gasteiger partial charge in [-0.25, -0.2) is 17.9 Å². The number of nitrogens with one attached hydrogen (secondary N) is 1. The number of rotatable bonds is 8. The summed E-state index contributed by atoms with van der Waals surface area (Å²) in [6, 6.07) is -1.82. The summed E-state index contributed by atoms with van der Waals surface area (Å²) in [7, 11) is -0.664. The van der Waals surface area contributed by atoms with Crippen molar-refractivity contribution in [3.63, 3.8) is 0 Å². The average Bonchev–Trinajstić information content (AvgIpc) is 4.18. The molecule has 5 rings (SSSR count). The zero-order valence-corrected chi connectivity index (χ0v) is 43.5. The Kier molecular flexibility index (Phi) is 21.0. The fourth-order valence-corrected chi connectivity index (χ4v) is 12.5. The molecule has 390 valence electrons. The fourth-order valence-electron chi connectivity index (χ4n) is 10.9. The van der Waals surface area contributed by atoms with Crippen LogP contribution in [0.1, 0.15) is 145 Å². The smallest absolute Gasteiger partial charge is 0.329 e. The van der Waals surface area contributed by atoms with E-state index < -0.39 is 93.2 Å². The molecule has 16 heteroatoms. The number of allylic oxidation sites excluding steroid dienone is 6. The Hall–Kier alpha value is -3.09. The largest absolute Gasteiger partial charge is 0.461 e. The quantitative estimate of drug-likeness (QED) is 0.117. The number of carbonyl (C=O) groups is 4. The van der Waals surface area contributed by atoms with Gasteiger partial charge < -0.3 is 39.2 Å². The van der Waals surface area contributed by atoms with Gasteiger partial charge in [0.15, 0.2) is 5.78 Å². The Bertz CT molecular complexity index is 2000. The number of amides is 1. The summed E-state index contributed by atoms with van der Waals surface area (Å²) in [5.41, 5.74) is 1.26. The van der Waals surface area contributed by atoms with Gasteiger partial charge in [-0.15, -0.1) is 0 Å². The molecule has 0 unspecified atom stereocenters. The minimum atomic E-state index is -3.68. The number of piperidine rings is 1. The van der Waals surface area contributed by atoms with Gasteiger partial charge in [-0.2, -0.15) is 0 Å². The molecule has 15 atom stereocenters. The molecular formula is C53H84N2O13S. The molecule has 2 saturated carbocycles. The number of carbonyl (C=O) groups excluding carboxylic acids is 4. The first-order valence-electron chi connectivity index (χ1n) is 25.7. The average molecular weight is 989 g/mol. The number of nitrogens with zero attached hydrogens (tertiary/aromatic N) is 1. The zero-order valence-electron chi connectivity index (χ0n) is 42.7. The minimum absolute atomic E-state index is 0.00499. The van der Waals surface area contributed by atoms with Crippen LogP contribution in [0.5, 0.6) is 0 Å². The maximum absolute atomic E-state index is 14.5. The van der Waals surface area contributed by atoms with Crippen LogP contribution in [-0.4, -0.2) is 133 Å². The van der Waals surface area contributed by atoms with Crippen LogP contribution in [0.4, 0.5) is 0 Å². The van der Waals surface area contributed by atoms with E-state index in [4.69, 9.17) is 18.9 Å². The van der Waals surface area contributed by atoms with Gasteiger partial charge in [0.2, 0.25) is 15.8 Å². The Morgan fingerprint density at radius 1 is 0.841 bits per heavy atom. The van der Waals surface area contributed by atoms with Crippen molar-refractivity contribution in [2.45, 2.75) is 205 Å². The molecule has 0 aromatic heterocycles. The van der Waals surface area contributed by atoms with Gasteiger partial charge in [0, 0.05) is 38.6 Å². The third kappa shape index (κ3) is 15.2. The molecule has 0 aromatic rings. The number of cyclic esters (lactones) is 1. The van der Waals surface area contributed by atoms with E-state index in [1.807, 2.05) is 52.0 Å². The van der Waals surface area contributed by atoms with E-state index >= 15 is 0 Å². The van der Waals surface area contributed by atoms with Crippen LogP contribution in [0, 0.1) is 35.5 Å². The van der Waals surface area contributed by atoms with E-state index in [0.29, 0.717) is 88.2 Å². The molecule has 0 spiro atoms. The van der Waals surface area contributed by atoms with Crippen LogP contribution in [0.25, 0.3) is 0 Å². The van der Waals surface area contributed by atoms with E-state index in [2.05, 4.69) is 4.72 Å². The molecule has 15 nitrogen and oxygen atoms in total. The summed E-state index contributed by atoms with van der Waals surface area (Å²) in [5.74, 6) is -6.79. The monoisotopic (exact) mass is 989 g/mol. The molecule has 69 heavy (non-hydrogen) atoms. The third-order valence-corrected chi connectivity index (χ3v) is 17.5. The Balaban J connectivity index is 1.47. The van der Waals surface area contributed by atoms with Crippen molar-refractivity contribution >= 4 is 33.5 Å². The molecular weight excluding hydrogens is 905 g/mol. The lowest BCUT2D eigenvalue weighted by molar-refractivity contribution is -0.264. The lowest BCUT2D eigenvalue weighted by atomic mass is 9.78. The number of hydrogen-bond donors (Lipinski definition) is 4. The molecule has 0 radical (unpaired) electrons. The number of Topliss-reactive ketones (excluding diaryl/α,β-unsaturated/α-hetero) is 2. The van der Waals surface area contributed by atoms with Crippen molar-refractivity contribution < 1.29 is 61.9 Å². The second-order valence-electron chi connectivity index (χ2n) is 21.4. The van der Waals surface area contributed by atoms with Crippen molar-refractivity contribution in [3.05, 3.63) is 47.6 Å². The Labute approximate surface area is 411 Å². The molecule has 2 aliphatic carbocycles. The van der Waals surface area contributed by atoms with Gasteiger partial charge in [0.05, 0.1) is 23.6 Å².